The molecule has 1 aromatic carbocycles. The third-order valence-corrected chi connectivity index (χ3v) is 2.97. The summed E-state index contributed by atoms with van der Waals surface area (Å²) in [6.07, 6.45) is 2.62. The molecule has 1 N–H and O–H groups in total. The standard InChI is InChI=1S/C14H19N3O2/c1-19-10-8-15-7-4-9-17-14(18)13-6-3-2-5-12(13)11-16-17/h2-3,5-6,11,15H,4,7-10H2,1H3. The lowest BCUT2D eigenvalue weighted by Crippen LogP contribution is -2.26. The van der Waals surface area contributed by atoms with E-state index in [1.165, 1.54) is 4.68 Å². The van der Waals surface area contributed by atoms with Gasteiger partial charge in [0.1, 0.15) is 0 Å². The fraction of sp³-hybridized carbons (Fsp3) is 0.429. The van der Waals surface area contributed by atoms with Crippen molar-refractivity contribution < 1.29 is 4.74 Å². The maximum Gasteiger partial charge on any atom is 0.274 e. The minimum absolute atomic E-state index is 0.0185. The monoisotopic (exact) mass is 261 g/mol. The Morgan fingerprint density at radius 2 is 2.16 bits per heavy atom. The summed E-state index contributed by atoms with van der Waals surface area (Å²) >= 11 is 0. The molecule has 0 fully saturated rings. The molecule has 0 amide bonds. The number of ether oxygens (including phenoxy) is 1. The highest BCUT2D eigenvalue weighted by Gasteiger charge is 2.02. The summed E-state index contributed by atoms with van der Waals surface area (Å²) in [5, 5.41) is 9.05. The van der Waals surface area contributed by atoms with Gasteiger partial charge in [0.2, 0.25) is 0 Å². The number of aryl methyl sites for hydroxylation is 1. The fourth-order valence-corrected chi connectivity index (χ4v) is 1.94. The zero-order valence-corrected chi connectivity index (χ0v) is 11.1. The van der Waals surface area contributed by atoms with E-state index in [4.69, 9.17) is 4.74 Å². The Morgan fingerprint density at radius 1 is 1.32 bits per heavy atom. The van der Waals surface area contributed by atoms with Crippen LogP contribution in [0.3, 0.4) is 0 Å². The predicted octanol–water partition coefficient (Wildman–Crippen LogP) is 1.02. The number of hydrogen-bond donors (Lipinski definition) is 1. The first kappa shape index (κ1) is 13.7. The van der Waals surface area contributed by atoms with E-state index >= 15 is 0 Å². The van der Waals surface area contributed by atoms with Gasteiger partial charge in [-0.05, 0) is 19.0 Å². The summed E-state index contributed by atoms with van der Waals surface area (Å²) in [4.78, 5) is 12.2. The largest absolute Gasteiger partial charge is 0.383 e. The van der Waals surface area contributed by atoms with Crippen molar-refractivity contribution in [1.82, 2.24) is 15.1 Å². The van der Waals surface area contributed by atoms with E-state index < -0.39 is 0 Å². The molecule has 2 rings (SSSR count). The normalized spacial score (nSPS) is 11.0. The van der Waals surface area contributed by atoms with Crippen LogP contribution in [-0.2, 0) is 11.3 Å². The smallest absolute Gasteiger partial charge is 0.274 e. The highest BCUT2D eigenvalue weighted by atomic mass is 16.5. The summed E-state index contributed by atoms with van der Waals surface area (Å²) in [5.74, 6) is 0. The second-order valence-electron chi connectivity index (χ2n) is 4.36. The van der Waals surface area contributed by atoms with Crippen molar-refractivity contribution in [3.63, 3.8) is 0 Å². The number of aromatic nitrogens is 2. The summed E-state index contributed by atoms with van der Waals surface area (Å²) in [5.41, 5.74) is -0.0185. The first-order chi connectivity index (χ1) is 9.33. The number of methoxy groups -OCH3 is 1. The Labute approximate surface area is 112 Å². The maximum atomic E-state index is 12.2. The van der Waals surface area contributed by atoms with E-state index in [-0.39, 0.29) is 5.56 Å². The van der Waals surface area contributed by atoms with Crippen LogP contribution < -0.4 is 10.9 Å². The molecular formula is C14H19N3O2. The van der Waals surface area contributed by atoms with Gasteiger partial charge in [-0.2, -0.15) is 5.10 Å². The number of fused-ring (bicyclic) bond motifs is 1. The third kappa shape index (κ3) is 3.62. The van der Waals surface area contributed by atoms with Crippen LogP contribution in [0.15, 0.2) is 35.3 Å². The minimum Gasteiger partial charge on any atom is -0.383 e. The molecule has 0 bridgehead atoms. The molecule has 0 radical (unpaired) electrons. The van der Waals surface area contributed by atoms with Gasteiger partial charge < -0.3 is 10.1 Å². The fourth-order valence-electron chi connectivity index (χ4n) is 1.94. The van der Waals surface area contributed by atoms with Crippen molar-refractivity contribution in [2.45, 2.75) is 13.0 Å². The van der Waals surface area contributed by atoms with E-state index in [1.54, 1.807) is 13.3 Å². The van der Waals surface area contributed by atoms with Crippen LogP contribution in [0.2, 0.25) is 0 Å². The molecule has 0 atom stereocenters. The lowest BCUT2D eigenvalue weighted by atomic mass is 10.2. The number of benzene rings is 1. The van der Waals surface area contributed by atoms with E-state index in [9.17, 15) is 4.79 Å². The Hall–Kier alpha value is -1.72. The minimum atomic E-state index is -0.0185. The molecule has 0 aliphatic heterocycles. The average molecular weight is 261 g/mol. The Bertz CT molecular complexity index is 580. The van der Waals surface area contributed by atoms with Gasteiger partial charge >= 0.3 is 0 Å². The Kier molecular flexibility index (Phi) is 5.06. The molecule has 0 unspecified atom stereocenters. The molecule has 0 aliphatic rings. The lowest BCUT2D eigenvalue weighted by Gasteiger charge is -2.06. The molecule has 5 heteroatoms. The van der Waals surface area contributed by atoms with Gasteiger partial charge in [-0.3, -0.25) is 4.79 Å². The van der Waals surface area contributed by atoms with E-state index in [1.807, 2.05) is 24.3 Å². The first-order valence-corrected chi connectivity index (χ1v) is 6.47. The van der Waals surface area contributed by atoms with Crippen molar-refractivity contribution in [3.05, 3.63) is 40.8 Å². The highest BCUT2D eigenvalue weighted by Crippen LogP contribution is 2.06. The molecule has 102 valence electrons. The summed E-state index contributed by atoms with van der Waals surface area (Å²) in [6, 6.07) is 7.53. The van der Waals surface area contributed by atoms with Crippen LogP contribution in [0, 0.1) is 0 Å². The van der Waals surface area contributed by atoms with E-state index in [2.05, 4.69) is 10.4 Å². The van der Waals surface area contributed by atoms with Crippen LogP contribution >= 0.6 is 0 Å². The molecule has 1 heterocycles. The van der Waals surface area contributed by atoms with Crippen molar-refractivity contribution in [2.24, 2.45) is 0 Å². The van der Waals surface area contributed by atoms with Gasteiger partial charge in [-0.1, -0.05) is 18.2 Å². The van der Waals surface area contributed by atoms with Crippen LogP contribution in [0.25, 0.3) is 10.8 Å². The maximum absolute atomic E-state index is 12.2. The number of hydrogen-bond acceptors (Lipinski definition) is 4. The van der Waals surface area contributed by atoms with E-state index in [0.717, 1.165) is 30.3 Å². The quantitative estimate of drug-likeness (QED) is 0.756. The van der Waals surface area contributed by atoms with Gasteiger partial charge in [0.15, 0.2) is 0 Å². The molecule has 2 aromatic rings. The number of rotatable bonds is 7. The van der Waals surface area contributed by atoms with E-state index in [0.29, 0.717) is 13.2 Å². The molecule has 1 aromatic heterocycles. The topological polar surface area (TPSA) is 56.1 Å². The summed E-state index contributed by atoms with van der Waals surface area (Å²) in [6.45, 7) is 3.01. The van der Waals surface area contributed by atoms with Crippen molar-refractivity contribution in [1.29, 1.82) is 0 Å². The van der Waals surface area contributed by atoms with Crippen LogP contribution in [-0.4, -0.2) is 36.6 Å². The zero-order valence-electron chi connectivity index (χ0n) is 11.1. The molecule has 0 aliphatic carbocycles. The average Bonchev–Trinajstić information content (AvgIpc) is 2.45. The summed E-state index contributed by atoms with van der Waals surface area (Å²) < 4.78 is 6.47. The van der Waals surface area contributed by atoms with Gasteiger partial charge in [-0.15, -0.1) is 0 Å². The van der Waals surface area contributed by atoms with Gasteiger partial charge in [-0.25, -0.2) is 4.68 Å². The van der Waals surface area contributed by atoms with Crippen molar-refractivity contribution in [3.8, 4) is 0 Å². The van der Waals surface area contributed by atoms with Crippen molar-refractivity contribution >= 4 is 10.8 Å². The third-order valence-electron chi connectivity index (χ3n) is 2.97. The lowest BCUT2D eigenvalue weighted by molar-refractivity contribution is 0.199. The number of nitrogens with zero attached hydrogens (tertiary/aromatic N) is 2. The Morgan fingerprint density at radius 3 is 3.00 bits per heavy atom. The molecular weight excluding hydrogens is 242 g/mol. The number of nitrogens with one attached hydrogen (secondary N) is 1. The summed E-state index contributed by atoms with van der Waals surface area (Å²) in [7, 11) is 1.68. The second-order valence-corrected chi connectivity index (χ2v) is 4.36. The van der Waals surface area contributed by atoms with Crippen LogP contribution in [0.1, 0.15) is 6.42 Å². The first-order valence-electron chi connectivity index (χ1n) is 6.47. The van der Waals surface area contributed by atoms with Crippen LogP contribution in [0.5, 0.6) is 0 Å². The molecule has 0 spiro atoms. The predicted molar refractivity (Wildman–Crippen MR) is 75.4 cm³/mol. The van der Waals surface area contributed by atoms with Crippen molar-refractivity contribution in [2.75, 3.05) is 26.8 Å². The van der Waals surface area contributed by atoms with Gasteiger partial charge in [0.05, 0.1) is 18.2 Å². The molecule has 0 saturated heterocycles. The Balaban J connectivity index is 1.94. The highest BCUT2D eigenvalue weighted by molar-refractivity contribution is 5.80. The molecule has 19 heavy (non-hydrogen) atoms. The second kappa shape index (κ2) is 7.01. The SMILES string of the molecule is COCCNCCCn1ncc2ccccc2c1=O. The molecule has 0 saturated carbocycles. The molecule has 5 nitrogen and oxygen atoms in total. The van der Waals surface area contributed by atoms with Gasteiger partial charge in [0.25, 0.3) is 5.56 Å². The van der Waals surface area contributed by atoms with Crippen LogP contribution in [0.4, 0.5) is 0 Å². The van der Waals surface area contributed by atoms with Gasteiger partial charge in [0, 0.05) is 25.6 Å². The zero-order chi connectivity index (χ0) is 13.5.